The molecule has 2 heterocycles. The predicted molar refractivity (Wildman–Crippen MR) is 66.3 cm³/mol. The highest BCUT2D eigenvalue weighted by molar-refractivity contribution is 5.61. The number of anilines is 2. The molecule has 0 aliphatic heterocycles. The Balaban J connectivity index is 2.21. The molecule has 0 aliphatic rings. The van der Waals surface area contributed by atoms with Crippen molar-refractivity contribution in [1.29, 1.82) is 0 Å². The number of hydrogen-bond donors (Lipinski definition) is 2. The number of nitrogens with zero attached hydrogens (tertiary/aromatic N) is 3. The van der Waals surface area contributed by atoms with Crippen LogP contribution in [0.15, 0.2) is 16.9 Å². The lowest BCUT2D eigenvalue weighted by molar-refractivity contribution is 0.413. The smallest absolute Gasteiger partial charge is 0.216 e. The topological polar surface area (TPSA) is 99.1 Å². The van der Waals surface area contributed by atoms with E-state index in [0.717, 1.165) is 5.76 Å². The van der Waals surface area contributed by atoms with Gasteiger partial charge in [-0.2, -0.15) is 0 Å². The molecule has 2 rings (SSSR count). The minimum Gasteiger partial charge on any atom is -0.490 e. The summed E-state index contributed by atoms with van der Waals surface area (Å²) >= 11 is 0. The molecule has 18 heavy (non-hydrogen) atoms. The van der Waals surface area contributed by atoms with E-state index >= 15 is 0 Å². The van der Waals surface area contributed by atoms with E-state index in [1.807, 2.05) is 13.8 Å². The highest BCUT2D eigenvalue weighted by Crippen LogP contribution is 2.29. The van der Waals surface area contributed by atoms with Crippen molar-refractivity contribution in [3.8, 4) is 5.75 Å². The van der Waals surface area contributed by atoms with Crippen molar-refractivity contribution < 1.29 is 9.15 Å². The molecule has 0 radical (unpaired) electrons. The average molecular weight is 249 g/mol. The van der Waals surface area contributed by atoms with E-state index in [0.29, 0.717) is 17.5 Å². The number of nitrogen functional groups attached to an aromatic ring is 1. The molecule has 96 valence electrons. The molecule has 0 saturated heterocycles. The van der Waals surface area contributed by atoms with Crippen LogP contribution in [-0.2, 0) is 0 Å². The van der Waals surface area contributed by atoms with Crippen LogP contribution >= 0.6 is 0 Å². The third kappa shape index (κ3) is 2.34. The molecule has 0 fully saturated rings. The number of aryl methyl sites for hydroxylation is 1. The molecule has 2 aromatic heterocycles. The largest absolute Gasteiger partial charge is 0.490 e. The maximum atomic E-state index is 5.70. The zero-order valence-electron chi connectivity index (χ0n) is 10.5. The van der Waals surface area contributed by atoms with Crippen molar-refractivity contribution in [3.05, 3.63) is 24.2 Å². The summed E-state index contributed by atoms with van der Waals surface area (Å²) in [5, 5.41) is 3.12. The van der Waals surface area contributed by atoms with Crippen LogP contribution in [0.4, 0.5) is 11.6 Å². The van der Waals surface area contributed by atoms with Crippen LogP contribution in [-0.4, -0.2) is 22.1 Å². The molecule has 0 spiro atoms. The summed E-state index contributed by atoms with van der Waals surface area (Å²) in [5.41, 5.74) is 5.70. The Bertz CT molecular complexity index is 540. The second-order valence-electron chi connectivity index (χ2n) is 3.82. The highest BCUT2D eigenvalue weighted by atomic mass is 16.5. The van der Waals surface area contributed by atoms with Crippen molar-refractivity contribution in [2.75, 3.05) is 18.2 Å². The number of methoxy groups -OCH3 is 1. The Kier molecular flexibility index (Phi) is 3.31. The highest BCUT2D eigenvalue weighted by Gasteiger charge is 2.16. The quantitative estimate of drug-likeness (QED) is 0.847. The van der Waals surface area contributed by atoms with Gasteiger partial charge in [0.15, 0.2) is 11.6 Å². The maximum absolute atomic E-state index is 5.70. The molecule has 3 N–H and O–H groups in total. The fourth-order valence-electron chi connectivity index (χ4n) is 1.53. The van der Waals surface area contributed by atoms with Crippen LogP contribution < -0.4 is 15.8 Å². The van der Waals surface area contributed by atoms with E-state index in [1.54, 1.807) is 6.20 Å². The van der Waals surface area contributed by atoms with Crippen molar-refractivity contribution in [3.63, 3.8) is 0 Å². The minimum atomic E-state index is -0.151. The van der Waals surface area contributed by atoms with Crippen LogP contribution in [0, 0.1) is 6.92 Å². The van der Waals surface area contributed by atoms with Crippen LogP contribution in [0.1, 0.15) is 24.6 Å². The first kappa shape index (κ1) is 12.2. The maximum Gasteiger partial charge on any atom is 0.216 e. The Morgan fingerprint density at radius 1 is 1.39 bits per heavy atom. The fraction of sp³-hybridized carbons (Fsp3) is 0.364. The van der Waals surface area contributed by atoms with Gasteiger partial charge >= 0.3 is 0 Å². The van der Waals surface area contributed by atoms with Crippen molar-refractivity contribution in [2.45, 2.75) is 19.9 Å². The molecule has 0 amide bonds. The molecular weight excluding hydrogens is 234 g/mol. The van der Waals surface area contributed by atoms with E-state index in [-0.39, 0.29) is 11.9 Å². The van der Waals surface area contributed by atoms with Gasteiger partial charge in [-0.05, 0) is 13.8 Å². The third-order valence-corrected chi connectivity index (χ3v) is 2.40. The summed E-state index contributed by atoms with van der Waals surface area (Å²) in [5.74, 6) is 2.53. The summed E-state index contributed by atoms with van der Waals surface area (Å²) in [6.45, 7) is 3.75. The third-order valence-electron chi connectivity index (χ3n) is 2.40. The van der Waals surface area contributed by atoms with Gasteiger partial charge in [-0.1, -0.05) is 0 Å². The second-order valence-corrected chi connectivity index (χ2v) is 3.82. The van der Waals surface area contributed by atoms with Gasteiger partial charge in [0.2, 0.25) is 11.6 Å². The zero-order chi connectivity index (χ0) is 13.1. The van der Waals surface area contributed by atoms with Gasteiger partial charge < -0.3 is 20.2 Å². The molecule has 0 bridgehead atoms. The Morgan fingerprint density at radius 2 is 2.17 bits per heavy atom. The number of oxazole rings is 1. The molecule has 0 aliphatic carbocycles. The van der Waals surface area contributed by atoms with Gasteiger partial charge in [-0.15, -0.1) is 0 Å². The standard InChI is InChI=1S/C11H15N5O2/c1-6-4-13-11(18-6)7(2)16-10-8(17-3)9(12)14-5-15-10/h4-5,7H,1-3H3,(H3,12,14,15,16). The molecule has 7 heteroatoms. The SMILES string of the molecule is COc1c(N)ncnc1NC(C)c1ncc(C)o1. The van der Waals surface area contributed by atoms with Gasteiger partial charge in [-0.3, -0.25) is 0 Å². The van der Waals surface area contributed by atoms with Gasteiger partial charge in [0.25, 0.3) is 0 Å². The number of aromatic nitrogens is 3. The summed E-state index contributed by atoms with van der Waals surface area (Å²) < 4.78 is 10.6. The Labute approximate surface area is 104 Å². The first-order chi connectivity index (χ1) is 8.61. The first-order valence-corrected chi connectivity index (χ1v) is 5.45. The van der Waals surface area contributed by atoms with Crippen molar-refractivity contribution in [2.24, 2.45) is 0 Å². The summed E-state index contributed by atoms with van der Waals surface area (Å²) in [6, 6.07) is -0.151. The molecule has 1 atom stereocenters. The predicted octanol–water partition coefficient (Wildman–Crippen LogP) is 1.54. The number of nitrogens with one attached hydrogen (secondary N) is 1. The minimum absolute atomic E-state index is 0.151. The van der Waals surface area contributed by atoms with E-state index in [2.05, 4.69) is 20.3 Å². The molecule has 0 saturated carbocycles. The molecule has 0 aromatic carbocycles. The monoisotopic (exact) mass is 249 g/mol. The lowest BCUT2D eigenvalue weighted by atomic mass is 10.3. The number of hydrogen-bond acceptors (Lipinski definition) is 7. The second kappa shape index (κ2) is 4.91. The summed E-state index contributed by atoms with van der Waals surface area (Å²) in [6.07, 6.45) is 3.03. The Hall–Kier alpha value is -2.31. The van der Waals surface area contributed by atoms with E-state index < -0.39 is 0 Å². The Morgan fingerprint density at radius 3 is 2.78 bits per heavy atom. The normalized spacial score (nSPS) is 12.2. The van der Waals surface area contributed by atoms with Crippen LogP contribution in [0.5, 0.6) is 5.75 Å². The van der Waals surface area contributed by atoms with Gasteiger partial charge in [0, 0.05) is 0 Å². The van der Waals surface area contributed by atoms with Crippen molar-refractivity contribution >= 4 is 11.6 Å². The van der Waals surface area contributed by atoms with Gasteiger partial charge in [-0.25, -0.2) is 15.0 Å². The van der Waals surface area contributed by atoms with E-state index in [9.17, 15) is 0 Å². The summed E-state index contributed by atoms with van der Waals surface area (Å²) in [7, 11) is 1.51. The van der Waals surface area contributed by atoms with Crippen LogP contribution in [0.3, 0.4) is 0 Å². The molecule has 7 nitrogen and oxygen atoms in total. The number of ether oxygens (including phenoxy) is 1. The number of nitrogens with two attached hydrogens (primary N) is 1. The fourth-order valence-corrected chi connectivity index (χ4v) is 1.53. The number of rotatable bonds is 4. The lowest BCUT2D eigenvalue weighted by Crippen LogP contribution is -2.11. The first-order valence-electron chi connectivity index (χ1n) is 5.45. The van der Waals surface area contributed by atoms with Gasteiger partial charge in [0.1, 0.15) is 18.1 Å². The molecule has 2 aromatic rings. The molecular formula is C11H15N5O2. The van der Waals surface area contributed by atoms with E-state index in [4.69, 9.17) is 14.9 Å². The molecule has 1 unspecified atom stereocenters. The summed E-state index contributed by atoms with van der Waals surface area (Å²) in [4.78, 5) is 12.1. The lowest BCUT2D eigenvalue weighted by Gasteiger charge is -2.14. The van der Waals surface area contributed by atoms with Crippen LogP contribution in [0.2, 0.25) is 0 Å². The van der Waals surface area contributed by atoms with Gasteiger partial charge in [0.05, 0.1) is 13.3 Å². The average Bonchev–Trinajstić information content (AvgIpc) is 2.76. The zero-order valence-corrected chi connectivity index (χ0v) is 10.5. The van der Waals surface area contributed by atoms with Crippen molar-refractivity contribution in [1.82, 2.24) is 15.0 Å². The van der Waals surface area contributed by atoms with E-state index in [1.165, 1.54) is 13.4 Å². The van der Waals surface area contributed by atoms with Crippen LogP contribution in [0.25, 0.3) is 0 Å².